The molecule has 18 heavy (non-hydrogen) atoms. The fraction of sp³-hybridized carbons (Fsp3) is 0.0833. The summed E-state index contributed by atoms with van der Waals surface area (Å²) in [6, 6.07) is 9.12. The lowest BCUT2D eigenvalue weighted by Crippen LogP contribution is -2.12. The molecule has 0 spiro atoms. The second kappa shape index (κ2) is 4.62. The zero-order valence-electron chi connectivity index (χ0n) is 9.32. The van der Waals surface area contributed by atoms with Crippen LogP contribution in [0.2, 0.25) is 5.02 Å². The Morgan fingerprint density at radius 1 is 1.28 bits per heavy atom. The van der Waals surface area contributed by atoms with Crippen molar-refractivity contribution in [3.63, 3.8) is 0 Å². The minimum absolute atomic E-state index is 0.374. The number of aromatic nitrogens is 4. The molecule has 0 atom stereocenters. The molecule has 2 heterocycles. The maximum absolute atomic E-state index is 5.93. The number of hydrogen-bond acceptors (Lipinski definition) is 4. The van der Waals surface area contributed by atoms with Gasteiger partial charge in [0, 0.05) is 23.0 Å². The largest absolute Gasteiger partial charge is 0.390 e. The maximum atomic E-state index is 5.93. The standard InChI is InChI=1S/C12H9ClN4O/c13-10-3-4-11-12(6-10)17(16-15-11)18-8-9-2-1-5-14-7-9/h1-7H,8H2. The lowest BCUT2D eigenvalue weighted by molar-refractivity contribution is 0.0750. The highest BCUT2D eigenvalue weighted by Gasteiger charge is 2.05. The van der Waals surface area contributed by atoms with Gasteiger partial charge in [-0.15, -0.1) is 5.10 Å². The number of hydrogen-bond donors (Lipinski definition) is 0. The molecule has 0 bridgehead atoms. The molecule has 0 saturated heterocycles. The number of nitrogens with zero attached hydrogens (tertiary/aromatic N) is 4. The van der Waals surface area contributed by atoms with Gasteiger partial charge in [0.05, 0.1) is 0 Å². The first-order valence-corrected chi connectivity index (χ1v) is 5.74. The van der Waals surface area contributed by atoms with Crippen LogP contribution in [0.15, 0.2) is 42.7 Å². The van der Waals surface area contributed by atoms with E-state index in [9.17, 15) is 0 Å². The molecule has 3 aromatic rings. The summed E-state index contributed by atoms with van der Waals surface area (Å²) in [5.74, 6) is 0. The Hall–Kier alpha value is -2.14. The van der Waals surface area contributed by atoms with Gasteiger partial charge >= 0.3 is 0 Å². The van der Waals surface area contributed by atoms with Crippen LogP contribution < -0.4 is 4.84 Å². The molecule has 6 heteroatoms. The van der Waals surface area contributed by atoms with Crippen LogP contribution in [-0.4, -0.2) is 20.1 Å². The second-order valence-corrected chi connectivity index (χ2v) is 4.17. The third-order valence-corrected chi connectivity index (χ3v) is 2.69. The normalized spacial score (nSPS) is 10.7. The molecule has 1 aromatic carbocycles. The van der Waals surface area contributed by atoms with Gasteiger partial charge in [0.25, 0.3) is 0 Å². The van der Waals surface area contributed by atoms with Crippen molar-refractivity contribution >= 4 is 22.6 Å². The molecule has 0 radical (unpaired) electrons. The molecular formula is C12H9ClN4O. The molecule has 3 rings (SSSR count). The van der Waals surface area contributed by atoms with Crippen molar-refractivity contribution in [3.8, 4) is 0 Å². The van der Waals surface area contributed by atoms with Crippen molar-refractivity contribution in [2.75, 3.05) is 0 Å². The van der Waals surface area contributed by atoms with E-state index < -0.39 is 0 Å². The topological polar surface area (TPSA) is 52.8 Å². The summed E-state index contributed by atoms with van der Waals surface area (Å²) < 4.78 is 0. The van der Waals surface area contributed by atoms with E-state index in [1.165, 1.54) is 4.85 Å². The molecule has 0 N–H and O–H groups in total. The highest BCUT2D eigenvalue weighted by Crippen LogP contribution is 2.16. The Morgan fingerprint density at radius 2 is 2.22 bits per heavy atom. The lowest BCUT2D eigenvalue weighted by Gasteiger charge is -2.04. The third-order valence-electron chi connectivity index (χ3n) is 2.45. The molecule has 0 fully saturated rings. The Bertz CT molecular complexity index is 668. The predicted molar refractivity (Wildman–Crippen MR) is 67.1 cm³/mol. The molecule has 0 aliphatic heterocycles. The molecule has 0 aliphatic rings. The maximum Gasteiger partial charge on any atom is 0.143 e. The zero-order chi connectivity index (χ0) is 12.4. The van der Waals surface area contributed by atoms with Crippen molar-refractivity contribution in [1.29, 1.82) is 0 Å². The Kier molecular flexibility index (Phi) is 2.82. The average molecular weight is 261 g/mol. The Balaban J connectivity index is 1.85. The van der Waals surface area contributed by atoms with Gasteiger partial charge < -0.3 is 4.84 Å². The van der Waals surface area contributed by atoms with Crippen molar-refractivity contribution in [2.45, 2.75) is 6.61 Å². The predicted octanol–water partition coefficient (Wildman–Crippen LogP) is 2.11. The summed E-state index contributed by atoms with van der Waals surface area (Å²) in [7, 11) is 0. The van der Waals surface area contributed by atoms with E-state index in [0.29, 0.717) is 11.6 Å². The van der Waals surface area contributed by atoms with Gasteiger partial charge in [0.15, 0.2) is 0 Å². The van der Waals surface area contributed by atoms with Crippen LogP contribution in [0.4, 0.5) is 0 Å². The zero-order valence-corrected chi connectivity index (χ0v) is 10.1. The minimum atomic E-state index is 0.374. The van der Waals surface area contributed by atoms with Gasteiger partial charge in [-0.3, -0.25) is 4.98 Å². The van der Waals surface area contributed by atoms with E-state index in [-0.39, 0.29) is 0 Å². The highest BCUT2D eigenvalue weighted by molar-refractivity contribution is 6.31. The van der Waals surface area contributed by atoms with Gasteiger partial charge in [0.1, 0.15) is 17.6 Å². The number of pyridine rings is 1. The van der Waals surface area contributed by atoms with E-state index in [0.717, 1.165) is 16.6 Å². The molecule has 90 valence electrons. The van der Waals surface area contributed by atoms with Crippen molar-refractivity contribution in [3.05, 3.63) is 53.3 Å². The Labute approximate surface area is 108 Å². The van der Waals surface area contributed by atoms with Crippen LogP contribution >= 0.6 is 11.6 Å². The van der Waals surface area contributed by atoms with Crippen LogP contribution in [-0.2, 0) is 6.61 Å². The molecular weight excluding hydrogens is 252 g/mol. The second-order valence-electron chi connectivity index (χ2n) is 3.73. The van der Waals surface area contributed by atoms with Crippen LogP contribution in [0.25, 0.3) is 11.0 Å². The SMILES string of the molecule is Clc1ccc2nnn(OCc3cccnc3)c2c1. The average Bonchev–Trinajstić information content (AvgIpc) is 2.80. The van der Waals surface area contributed by atoms with Crippen molar-refractivity contribution in [2.24, 2.45) is 0 Å². The van der Waals surface area contributed by atoms with Crippen LogP contribution in [0, 0.1) is 0 Å². The summed E-state index contributed by atoms with van der Waals surface area (Å²) in [6.45, 7) is 0.374. The summed E-state index contributed by atoms with van der Waals surface area (Å²) in [4.78, 5) is 10.9. The van der Waals surface area contributed by atoms with E-state index in [4.69, 9.17) is 16.4 Å². The lowest BCUT2D eigenvalue weighted by atomic mass is 10.3. The van der Waals surface area contributed by atoms with Gasteiger partial charge in [-0.1, -0.05) is 22.5 Å². The molecule has 5 nitrogen and oxygen atoms in total. The molecule has 0 aliphatic carbocycles. The van der Waals surface area contributed by atoms with Gasteiger partial charge in [0.2, 0.25) is 0 Å². The van der Waals surface area contributed by atoms with Crippen LogP contribution in [0.1, 0.15) is 5.56 Å². The third kappa shape index (κ3) is 2.12. The van der Waals surface area contributed by atoms with E-state index in [2.05, 4.69) is 15.3 Å². The number of fused-ring (bicyclic) bond motifs is 1. The number of halogens is 1. The van der Waals surface area contributed by atoms with Crippen LogP contribution in [0.5, 0.6) is 0 Å². The first-order chi connectivity index (χ1) is 8.83. The van der Waals surface area contributed by atoms with Gasteiger partial charge in [-0.2, -0.15) is 0 Å². The minimum Gasteiger partial charge on any atom is -0.390 e. The quantitative estimate of drug-likeness (QED) is 0.724. The number of rotatable bonds is 3. The Morgan fingerprint density at radius 3 is 3.06 bits per heavy atom. The smallest absolute Gasteiger partial charge is 0.143 e. The van der Waals surface area contributed by atoms with Gasteiger partial charge in [-0.25, -0.2) is 0 Å². The fourth-order valence-electron chi connectivity index (χ4n) is 1.59. The molecule has 2 aromatic heterocycles. The number of benzene rings is 1. The molecule has 0 unspecified atom stereocenters. The van der Waals surface area contributed by atoms with Crippen molar-refractivity contribution in [1.82, 2.24) is 20.1 Å². The summed E-state index contributed by atoms with van der Waals surface area (Å²) in [6.07, 6.45) is 3.46. The summed E-state index contributed by atoms with van der Waals surface area (Å²) in [5.41, 5.74) is 2.44. The molecule has 0 saturated carbocycles. The molecule has 0 amide bonds. The first kappa shape index (κ1) is 11.0. The summed E-state index contributed by atoms with van der Waals surface area (Å²) >= 11 is 5.93. The van der Waals surface area contributed by atoms with Crippen LogP contribution in [0.3, 0.4) is 0 Å². The van der Waals surface area contributed by atoms with E-state index >= 15 is 0 Å². The van der Waals surface area contributed by atoms with Gasteiger partial charge in [-0.05, 0) is 29.5 Å². The monoisotopic (exact) mass is 260 g/mol. The van der Waals surface area contributed by atoms with E-state index in [1.807, 2.05) is 12.1 Å². The summed E-state index contributed by atoms with van der Waals surface area (Å²) in [5, 5.41) is 8.52. The van der Waals surface area contributed by atoms with Crippen molar-refractivity contribution < 1.29 is 4.84 Å². The fourth-order valence-corrected chi connectivity index (χ4v) is 1.75. The first-order valence-electron chi connectivity index (χ1n) is 5.36. The van der Waals surface area contributed by atoms with E-state index in [1.54, 1.807) is 30.6 Å². The highest BCUT2D eigenvalue weighted by atomic mass is 35.5.